The molecule has 8 heteroatoms. The van der Waals surface area contributed by atoms with E-state index in [1.54, 1.807) is 17.7 Å². The van der Waals surface area contributed by atoms with Gasteiger partial charge >= 0.3 is 5.69 Å². The van der Waals surface area contributed by atoms with E-state index >= 15 is 0 Å². The van der Waals surface area contributed by atoms with Gasteiger partial charge in [0.1, 0.15) is 18.7 Å². The molecule has 27 heavy (non-hydrogen) atoms. The van der Waals surface area contributed by atoms with Crippen molar-refractivity contribution in [1.29, 1.82) is 0 Å². The van der Waals surface area contributed by atoms with Crippen molar-refractivity contribution in [3.63, 3.8) is 0 Å². The molecule has 3 heterocycles. The van der Waals surface area contributed by atoms with Crippen LogP contribution in [-0.2, 0) is 13.0 Å². The molecule has 0 amide bonds. The number of nitrogens with one attached hydrogen (secondary N) is 1. The smallest absolute Gasteiger partial charge is 0.326 e. The number of benzene rings is 1. The minimum Gasteiger partial charge on any atom is -0.493 e. The third-order valence-corrected chi connectivity index (χ3v) is 4.45. The second-order valence-electron chi connectivity index (χ2n) is 6.15. The lowest BCUT2D eigenvalue weighted by Crippen LogP contribution is -2.18. The van der Waals surface area contributed by atoms with Crippen LogP contribution < -0.4 is 25.6 Å². The molecule has 0 aliphatic carbocycles. The lowest BCUT2D eigenvalue weighted by atomic mass is 10.1. The number of anilines is 1. The van der Waals surface area contributed by atoms with E-state index in [2.05, 4.69) is 9.97 Å². The van der Waals surface area contributed by atoms with Crippen LogP contribution in [0.5, 0.6) is 17.4 Å². The molecular formula is C19H20N4O4. The number of rotatable bonds is 1. The van der Waals surface area contributed by atoms with Crippen LogP contribution in [0.15, 0.2) is 41.2 Å². The summed E-state index contributed by atoms with van der Waals surface area (Å²) in [5.74, 6) is 1.93. The van der Waals surface area contributed by atoms with Crippen LogP contribution in [0.3, 0.4) is 0 Å². The highest BCUT2D eigenvalue weighted by molar-refractivity contribution is 5.85. The fraction of sp³-hybridized carbons (Fsp3) is 0.263. The molecule has 0 saturated heterocycles. The molecule has 3 N–H and O–H groups in total. The summed E-state index contributed by atoms with van der Waals surface area (Å²) in [6, 6.07) is 7.49. The first-order valence-electron chi connectivity index (χ1n) is 8.62. The first-order valence-corrected chi connectivity index (χ1v) is 8.62. The number of aromatic nitrogens is 3. The number of fused-ring (bicyclic) bond motifs is 3. The van der Waals surface area contributed by atoms with E-state index in [4.69, 9.17) is 19.9 Å². The van der Waals surface area contributed by atoms with Gasteiger partial charge in [-0.25, -0.2) is 4.79 Å². The van der Waals surface area contributed by atoms with Crippen molar-refractivity contribution in [2.75, 3.05) is 26.1 Å². The van der Waals surface area contributed by atoms with Crippen LogP contribution in [-0.4, -0.2) is 34.9 Å². The first-order chi connectivity index (χ1) is 13.2. The molecular weight excluding hydrogens is 348 g/mol. The maximum absolute atomic E-state index is 12.4. The van der Waals surface area contributed by atoms with E-state index in [0.717, 1.165) is 5.56 Å². The number of aromatic amines is 1. The summed E-state index contributed by atoms with van der Waals surface area (Å²) in [5, 5.41) is 0. The Balaban J connectivity index is 1.78. The van der Waals surface area contributed by atoms with Crippen molar-refractivity contribution in [2.45, 2.75) is 13.0 Å². The van der Waals surface area contributed by atoms with E-state index in [1.807, 2.05) is 30.4 Å². The number of nitrogens with two attached hydrogens (primary N) is 1. The second-order valence-corrected chi connectivity index (χ2v) is 6.15. The Morgan fingerprint density at radius 3 is 2.85 bits per heavy atom. The molecule has 2 aromatic heterocycles. The SMILES string of the molecule is COc1ccc2cc1OCC=CCOc1cc3c([nH]c(=O)n3CC2)c(N)n1. The summed E-state index contributed by atoms with van der Waals surface area (Å²) in [6.07, 6.45) is 4.34. The van der Waals surface area contributed by atoms with E-state index in [9.17, 15) is 4.79 Å². The fourth-order valence-corrected chi connectivity index (χ4v) is 3.09. The molecule has 8 nitrogen and oxygen atoms in total. The minimum atomic E-state index is -0.232. The largest absolute Gasteiger partial charge is 0.493 e. The Morgan fingerprint density at radius 1 is 1.22 bits per heavy atom. The van der Waals surface area contributed by atoms with Crippen LogP contribution in [0.4, 0.5) is 5.82 Å². The predicted octanol–water partition coefficient (Wildman–Crippen LogP) is 1.89. The standard InChI is InChI=1S/C19H20N4O4/c1-25-14-5-4-12-6-7-23-13-11-16(21-18(20)17(13)22-19(23)24)27-9-3-2-8-26-15(14)10-12/h2-5,10-11H,6-9H2,1H3,(H2,20,21)(H,22,24). The van der Waals surface area contributed by atoms with Crippen molar-refractivity contribution >= 4 is 16.9 Å². The highest BCUT2D eigenvalue weighted by atomic mass is 16.5. The number of hydrogen-bond donors (Lipinski definition) is 2. The molecule has 0 unspecified atom stereocenters. The van der Waals surface area contributed by atoms with Gasteiger partial charge in [-0.05, 0) is 36.3 Å². The molecule has 0 spiro atoms. The monoisotopic (exact) mass is 368 g/mol. The first kappa shape index (κ1) is 17.0. The van der Waals surface area contributed by atoms with E-state index in [1.165, 1.54) is 0 Å². The van der Waals surface area contributed by atoms with E-state index in [-0.39, 0.29) is 11.5 Å². The number of aryl methyl sites for hydroxylation is 2. The number of hydrogen-bond acceptors (Lipinski definition) is 6. The number of methoxy groups -OCH3 is 1. The molecule has 3 aromatic rings. The van der Waals surface area contributed by atoms with Crippen LogP contribution in [0.2, 0.25) is 0 Å². The number of ether oxygens (including phenoxy) is 3. The zero-order chi connectivity index (χ0) is 18.8. The summed E-state index contributed by atoms with van der Waals surface area (Å²) < 4.78 is 18.4. The average Bonchev–Trinajstić information content (AvgIpc) is 2.98. The maximum atomic E-state index is 12.4. The Kier molecular flexibility index (Phi) is 4.45. The summed E-state index contributed by atoms with van der Waals surface area (Å²) in [5.41, 5.74) is 7.98. The van der Waals surface area contributed by atoms with Gasteiger partial charge < -0.3 is 24.9 Å². The summed E-state index contributed by atoms with van der Waals surface area (Å²) in [7, 11) is 1.61. The third-order valence-electron chi connectivity index (χ3n) is 4.45. The fourth-order valence-electron chi connectivity index (χ4n) is 3.09. The van der Waals surface area contributed by atoms with Gasteiger partial charge in [0.15, 0.2) is 17.3 Å². The lowest BCUT2D eigenvalue weighted by molar-refractivity contribution is 0.322. The highest BCUT2D eigenvalue weighted by Crippen LogP contribution is 2.29. The molecule has 1 aromatic carbocycles. The second kappa shape index (κ2) is 7.06. The summed E-state index contributed by atoms with van der Waals surface area (Å²) >= 11 is 0. The zero-order valence-electron chi connectivity index (χ0n) is 14.9. The molecule has 140 valence electrons. The molecule has 4 rings (SSSR count). The average molecular weight is 368 g/mol. The summed E-state index contributed by atoms with van der Waals surface area (Å²) in [4.78, 5) is 19.4. The molecule has 0 radical (unpaired) electrons. The molecule has 4 bridgehead atoms. The summed E-state index contributed by atoms with van der Waals surface area (Å²) in [6.45, 7) is 1.18. The van der Waals surface area contributed by atoms with Gasteiger partial charge in [-0.3, -0.25) is 4.57 Å². The quantitative estimate of drug-likeness (QED) is 0.636. The Hall–Kier alpha value is -3.42. The normalized spacial score (nSPS) is 14.3. The van der Waals surface area contributed by atoms with Crippen LogP contribution in [0.25, 0.3) is 11.0 Å². The number of nitrogen functional groups attached to an aromatic ring is 1. The minimum absolute atomic E-state index is 0.232. The number of imidazole rings is 1. The molecule has 1 aliphatic heterocycles. The van der Waals surface area contributed by atoms with Gasteiger partial charge in [-0.15, -0.1) is 0 Å². The van der Waals surface area contributed by atoms with Crippen molar-refractivity contribution in [2.24, 2.45) is 0 Å². The zero-order valence-corrected chi connectivity index (χ0v) is 14.9. The number of H-pyrrole nitrogens is 1. The van der Waals surface area contributed by atoms with Crippen LogP contribution >= 0.6 is 0 Å². The Labute approximate surface area is 155 Å². The number of pyridine rings is 1. The van der Waals surface area contributed by atoms with Gasteiger partial charge in [0.25, 0.3) is 0 Å². The van der Waals surface area contributed by atoms with Gasteiger partial charge in [0.05, 0.1) is 12.6 Å². The Morgan fingerprint density at radius 2 is 2.04 bits per heavy atom. The predicted molar refractivity (Wildman–Crippen MR) is 102 cm³/mol. The van der Waals surface area contributed by atoms with Gasteiger partial charge in [-0.1, -0.05) is 6.07 Å². The van der Waals surface area contributed by atoms with Gasteiger partial charge in [0.2, 0.25) is 5.88 Å². The topological polar surface area (TPSA) is 104 Å². The lowest BCUT2D eigenvalue weighted by Gasteiger charge is -2.11. The van der Waals surface area contributed by atoms with E-state index < -0.39 is 0 Å². The van der Waals surface area contributed by atoms with Crippen LogP contribution in [0, 0.1) is 0 Å². The third kappa shape index (κ3) is 3.33. The van der Waals surface area contributed by atoms with Crippen molar-refractivity contribution in [3.8, 4) is 17.4 Å². The number of nitrogens with zero attached hydrogens (tertiary/aromatic N) is 2. The molecule has 1 aliphatic rings. The molecule has 0 fully saturated rings. The van der Waals surface area contributed by atoms with Crippen molar-refractivity contribution in [3.05, 3.63) is 52.5 Å². The van der Waals surface area contributed by atoms with Crippen molar-refractivity contribution in [1.82, 2.24) is 14.5 Å². The van der Waals surface area contributed by atoms with Gasteiger partial charge in [-0.2, -0.15) is 4.98 Å². The van der Waals surface area contributed by atoms with E-state index in [0.29, 0.717) is 54.6 Å². The highest BCUT2D eigenvalue weighted by Gasteiger charge is 2.14. The molecule has 0 saturated carbocycles. The Bertz CT molecular complexity index is 1070. The van der Waals surface area contributed by atoms with Gasteiger partial charge in [0, 0.05) is 12.6 Å². The molecule has 0 atom stereocenters. The maximum Gasteiger partial charge on any atom is 0.326 e. The van der Waals surface area contributed by atoms with Crippen molar-refractivity contribution < 1.29 is 14.2 Å². The van der Waals surface area contributed by atoms with Crippen LogP contribution in [0.1, 0.15) is 5.56 Å².